The number of nitrogens with one attached hydrogen (secondary N) is 1. The van der Waals surface area contributed by atoms with Crippen LogP contribution in [0.4, 0.5) is 5.95 Å². The lowest BCUT2D eigenvalue weighted by molar-refractivity contribution is -0.115. The summed E-state index contributed by atoms with van der Waals surface area (Å²) in [6.07, 6.45) is 0. The molecule has 0 bridgehead atoms. The number of halogens is 1. The van der Waals surface area contributed by atoms with Crippen molar-refractivity contribution in [1.82, 2.24) is 14.8 Å². The predicted molar refractivity (Wildman–Crippen MR) is 102 cm³/mol. The number of primary amides is 1. The number of carbonyl (C=O) groups excluding carboxylic acids is 1. The summed E-state index contributed by atoms with van der Waals surface area (Å²) >= 11 is 6.28. The van der Waals surface area contributed by atoms with Gasteiger partial charge in [-0.3, -0.25) is 4.79 Å². The normalized spacial score (nSPS) is 16.0. The molecule has 1 aliphatic rings. The van der Waals surface area contributed by atoms with Crippen LogP contribution in [0.5, 0.6) is 5.75 Å². The number of allylic oxidation sites excluding steroid dienone is 1. The van der Waals surface area contributed by atoms with Gasteiger partial charge in [-0.05, 0) is 36.8 Å². The number of hydrogen-bond donors (Lipinski definition) is 3. The van der Waals surface area contributed by atoms with E-state index in [1.807, 2.05) is 18.2 Å². The number of amides is 1. The van der Waals surface area contributed by atoms with E-state index in [1.54, 1.807) is 41.9 Å². The number of phenolic OH excluding ortho intramolecular Hbond substituents is 1. The molecule has 1 aliphatic heterocycles. The van der Waals surface area contributed by atoms with E-state index in [2.05, 4.69) is 15.4 Å². The van der Waals surface area contributed by atoms with E-state index in [1.165, 1.54) is 0 Å². The number of hydrogen-bond acceptors (Lipinski definition) is 5. The first-order chi connectivity index (χ1) is 13.0. The number of carbonyl (C=O) groups is 1. The highest BCUT2D eigenvalue weighted by Crippen LogP contribution is 2.37. The van der Waals surface area contributed by atoms with Gasteiger partial charge in [-0.15, -0.1) is 5.10 Å². The van der Waals surface area contributed by atoms with Gasteiger partial charge in [0.2, 0.25) is 11.9 Å². The van der Waals surface area contributed by atoms with Crippen LogP contribution in [0.3, 0.4) is 0 Å². The highest BCUT2D eigenvalue weighted by molar-refractivity contribution is 6.33. The van der Waals surface area contributed by atoms with E-state index in [9.17, 15) is 9.90 Å². The fraction of sp³-hybridized carbons (Fsp3) is 0.105. The summed E-state index contributed by atoms with van der Waals surface area (Å²) in [5, 5.41) is 18.1. The number of benzene rings is 2. The van der Waals surface area contributed by atoms with Crippen LogP contribution in [0.25, 0.3) is 11.4 Å². The van der Waals surface area contributed by atoms with Crippen molar-refractivity contribution in [2.45, 2.75) is 13.0 Å². The van der Waals surface area contributed by atoms with Crippen molar-refractivity contribution >= 4 is 23.5 Å². The van der Waals surface area contributed by atoms with Gasteiger partial charge in [-0.25, -0.2) is 4.68 Å². The Morgan fingerprint density at radius 3 is 2.74 bits per heavy atom. The van der Waals surface area contributed by atoms with Gasteiger partial charge in [-0.2, -0.15) is 4.98 Å². The smallest absolute Gasteiger partial charge is 0.248 e. The van der Waals surface area contributed by atoms with Crippen LogP contribution >= 0.6 is 11.6 Å². The number of anilines is 1. The number of phenols is 1. The molecule has 0 spiro atoms. The molecule has 0 radical (unpaired) electrons. The number of nitrogens with two attached hydrogens (primary N) is 1. The SMILES string of the molecule is CC1=C(C(N)=O)[C@@H](c2cccc(O)c2)n2nc(-c3ccccc3Cl)nc2N1. The molecule has 0 saturated heterocycles. The molecular formula is C19H16ClN5O2. The predicted octanol–water partition coefficient (Wildman–Crippen LogP) is 3.08. The van der Waals surface area contributed by atoms with Crippen LogP contribution in [-0.2, 0) is 4.79 Å². The zero-order chi connectivity index (χ0) is 19.1. The van der Waals surface area contributed by atoms with Crippen LogP contribution in [0.15, 0.2) is 59.8 Å². The van der Waals surface area contributed by atoms with E-state index in [4.69, 9.17) is 17.3 Å². The summed E-state index contributed by atoms with van der Waals surface area (Å²) in [5.41, 5.74) is 7.92. The fourth-order valence-corrected chi connectivity index (χ4v) is 3.45. The molecule has 1 atom stereocenters. The lowest BCUT2D eigenvalue weighted by atomic mass is 9.95. The Morgan fingerprint density at radius 2 is 2.04 bits per heavy atom. The minimum Gasteiger partial charge on any atom is -0.508 e. The third-order valence-corrected chi connectivity index (χ3v) is 4.75. The van der Waals surface area contributed by atoms with Crippen molar-refractivity contribution < 1.29 is 9.90 Å². The molecule has 2 aromatic carbocycles. The zero-order valence-corrected chi connectivity index (χ0v) is 15.1. The number of fused-ring (bicyclic) bond motifs is 1. The summed E-state index contributed by atoms with van der Waals surface area (Å²) in [6, 6.07) is 13.3. The van der Waals surface area contributed by atoms with Crippen LogP contribution in [0, 0.1) is 0 Å². The molecule has 136 valence electrons. The third-order valence-electron chi connectivity index (χ3n) is 4.42. The summed E-state index contributed by atoms with van der Waals surface area (Å²) < 4.78 is 1.58. The molecule has 2 heterocycles. The number of aromatic hydroxyl groups is 1. The summed E-state index contributed by atoms with van der Waals surface area (Å²) in [6.45, 7) is 1.75. The Kier molecular flexibility index (Phi) is 4.08. The number of nitrogens with zero attached hydrogens (tertiary/aromatic N) is 3. The molecule has 4 rings (SSSR count). The van der Waals surface area contributed by atoms with E-state index in [-0.39, 0.29) is 5.75 Å². The van der Waals surface area contributed by atoms with E-state index in [0.717, 1.165) is 0 Å². The average molecular weight is 382 g/mol. The van der Waals surface area contributed by atoms with Crippen molar-refractivity contribution in [3.63, 3.8) is 0 Å². The first-order valence-electron chi connectivity index (χ1n) is 8.23. The first kappa shape index (κ1) is 17.1. The standard InChI is InChI=1S/C19H16ClN5O2/c1-10-15(17(21)27)16(11-5-4-6-12(26)9-11)25-19(22-10)23-18(24-25)13-7-2-3-8-14(13)20/h2-9,16,26H,1H3,(H2,21,27)(H,22,23,24)/t16-/m1/s1. The molecule has 1 aromatic heterocycles. The largest absolute Gasteiger partial charge is 0.508 e. The van der Waals surface area contributed by atoms with E-state index < -0.39 is 11.9 Å². The van der Waals surface area contributed by atoms with Crippen LogP contribution in [-0.4, -0.2) is 25.8 Å². The average Bonchev–Trinajstić information content (AvgIpc) is 3.03. The molecule has 8 heteroatoms. The lowest BCUT2D eigenvalue weighted by Gasteiger charge is -2.27. The van der Waals surface area contributed by atoms with Crippen molar-refractivity contribution in [3.8, 4) is 17.1 Å². The Balaban J connectivity index is 1.91. The minimum absolute atomic E-state index is 0.0838. The van der Waals surface area contributed by atoms with Gasteiger partial charge < -0.3 is 16.2 Å². The fourth-order valence-electron chi connectivity index (χ4n) is 3.23. The van der Waals surface area contributed by atoms with Gasteiger partial charge in [0, 0.05) is 11.3 Å². The Morgan fingerprint density at radius 1 is 1.26 bits per heavy atom. The molecule has 3 aromatic rings. The Hall–Kier alpha value is -3.32. The topological polar surface area (TPSA) is 106 Å². The van der Waals surface area contributed by atoms with Gasteiger partial charge in [0.1, 0.15) is 11.8 Å². The number of aromatic nitrogens is 3. The molecule has 7 nitrogen and oxygen atoms in total. The van der Waals surface area contributed by atoms with Gasteiger partial charge in [-0.1, -0.05) is 35.9 Å². The van der Waals surface area contributed by atoms with Crippen molar-refractivity contribution in [2.24, 2.45) is 5.73 Å². The second-order valence-corrected chi connectivity index (χ2v) is 6.62. The quantitative estimate of drug-likeness (QED) is 0.646. The van der Waals surface area contributed by atoms with Crippen LogP contribution in [0.2, 0.25) is 5.02 Å². The molecule has 0 aliphatic carbocycles. The third kappa shape index (κ3) is 2.92. The maximum atomic E-state index is 12.2. The Bertz CT molecular complexity index is 1090. The van der Waals surface area contributed by atoms with Crippen LogP contribution < -0.4 is 11.1 Å². The summed E-state index contributed by atoms with van der Waals surface area (Å²) in [4.78, 5) is 16.7. The van der Waals surface area contributed by atoms with Gasteiger partial charge >= 0.3 is 0 Å². The maximum Gasteiger partial charge on any atom is 0.248 e. The summed E-state index contributed by atoms with van der Waals surface area (Å²) in [5.74, 6) is 0.391. The highest BCUT2D eigenvalue weighted by Gasteiger charge is 2.33. The first-order valence-corrected chi connectivity index (χ1v) is 8.61. The van der Waals surface area contributed by atoms with E-state index in [0.29, 0.717) is 39.2 Å². The molecule has 0 fully saturated rings. The molecule has 1 amide bonds. The van der Waals surface area contributed by atoms with Gasteiger partial charge in [0.15, 0.2) is 5.82 Å². The van der Waals surface area contributed by atoms with Crippen molar-refractivity contribution in [3.05, 3.63) is 70.4 Å². The zero-order valence-electron chi connectivity index (χ0n) is 14.3. The second-order valence-electron chi connectivity index (χ2n) is 6.21. The van der Waals surface area contributed by atoms with Crippen molar-refractivity contribution in [1.29, 1.82) is 0 Å². The maximum absolute atomic E-state index is 12.2. The molecular weight excluding hydrogens is 366 g/mol. The van der Waals surface area contributed by atoms with Gasteiger partial charge in [0.05, 0.1) is 10.6 Å². The molecule has 0 unspecified atom stereocenters. The molecule has 0 saturated carbocycles. The highest BCUT2D eigenvalue weighted by atomic mass is 35.5. The van der Waals surface area contributed by atoms with Crippen molar-refractivity contribution in [2.75, 3.05) is 5.32 Å². The monoisotopic (exact) mass is 381 g/mol. The number of rotatable bonds is 3. The molecule has 27 heavy (non-hydrogen) atoms. The second kappa shape index (κ2) is 6.44. The minimum atomic E-state index is -0.616. The van der Waals surface area contributed by atoms with Gasteiger partial charge in [0.25, 0.3) is 0 Å². The van der Waals surface area contributed by atoms with E-state index >= 15 is 0 Å². The molecule has 4 N–H and O–H groups in total. The Labute approximate surface area is 160 Å². The van der Waals surface area contributed by atoms with Crippen LogP contribution in [0.1, 0.15) is 18.5 Å². The lowest BCUT2D eigenvalue weighted by Crippen LogP contribution is -2.31. The summed E-state index contributed by atoms with van der Waals surface area (Å²) in [7, 11) is 0.